The van der Waals surface area contributed by atoms with Gasteiger partial charge in [-0.1, -0.05) is 13.8 Å². The van der Waals surface area contributed by atoms with Crippen LogP contribution in [0.4, 0.5) is 11.8 Å². The van der Waals surface area contributed by atoms with E-state index >= 15 is 0 Å². The summed E-state index contributed by atoms with van der Waals surface area (Å²) in [5.41, 5.74) is 9.06. The lowest BCUT2D eigenvalue weighted by Gasteiger charge is -2.27. The second kappa shape index (κ2) is 6.41. The van der Waals surface area contributed by atoms with Crippen LogP contribution in [0.1, 0.15) is 44.4 Å². The van der Waals surface area contributed by atoms with E-state index in [1.165, 1.54) is 12.0 Å². The van der Waals surface area contributed by atoms with Gasteiger partial charge < -0.3 is 20.4 Å². The minimum absolute atomic E-state index is 0. The van der Waals surface area contributed by atoms with Crippen molar-refractivity contribution in [2.24, 2.45) is 0 Å². The van der Waals surface area contributed by atoms with Gasteiger partial charge in [0.15, 0.2) is 11.4 Å². The molecule has 1 saturated heterocycles. The molecule has 2 aliphatic rings. The number of nitrogens with zero attached hydrogens (tertiary/aromatic N) is 3. The van der Waals surface area contributed by atoms with Crippen molar-refractivity contribution in [3.05, 3.63) is 11.3 Å². The van der Waals surface area contributed by atoms with Crippen LogP contribution < -0.4 is 16.0 Å². The number of nitrogens with two attached hydrogens (primary N) is 1. The van der Waals surface area contributed by atoms with E-state index in [0.717, 1.165) is 68.1 Å². The topological polar surface area (TPSA) is 80.2 Å². The van der Waals surface area contributed by atoms with Gasteiger partial charge in [-0.3, -0.25) is 0 Å². The summed E-state index contributed by atoms with van der Waals surface area (Å²) in [6.45, 7) is 8.38. The molecule has 0 spiro atoms. The van der Waals surface area contributed by atoms with Crippen LogP contribution in [0, 0.1) is 0 Å². The Hall–Kier alpha value is -1.53. The molecule has 6 nitrogen and oxygen atoms in total. The van der Waals surface area contributed by atoms with Crippen LogP contribution in [-0.4, -0.2) is 36.1 Å². The summed E-state index contributed by atoms with van der Waals surface area (Å²) in [5, 5.41) is 3.42. The molecule has 0 radical (unpaired) electrons. The number of furan rings is 1. The smallest absolute Gasteiger partial charge is 0.222 e. The third-order valence-electron chi connectivity index (χ3n) is 5.11. The Morgan fingerprint density at radius 1 is 1.17 bits per heavy atom. The Labute approximate surface area is 148 Å². The van der Waals surface area contributed by atoms with Gasteiger partial charge in [0.25, 0.3) is 0 Å². The molecule has 4 rings (SSSR count). The monoisotopic (exact) mass is 351 g/mol. The summed E-state index contributed by atoms with van der Waals surface area (Å²) in [6.07, 6.45) is 4.42. The third kappa shape index (κ3) is 2.82. The van der Waals surface area contributed by atoms with Crippen LogP contribution in [0.2, 0.25) is 0 Å². The quantitative estimate of drug-likeness (QED) is 0.822. The Kier molecular flexibility index (Phi) is 4.62. The first kappa shape index (κ1) is 17.3. The normalized spacial score (nSPS) is 20.3. The Balaban J connectivity index is 0.00000169. The fourth-order valence-corrected chi connectivity index (χ4v) is 3.90. The second-order valence-electron chi connectivity index (χ2n) is 7.32. The highest BCUT2D eigenvalue weighted by atomic mass is 35.5. The van der Waals surface area contributed by atoms with Gasteiger partial charge in [-0.25, -0.2) is 4.98 Å². The Bertz CT molecular complexity index is 734. The molecule has 7 heteroatoms. The number of nitrogen functional groups attached to an aromatic ring is 1. The molecule has 0 bridgehead atoms. The molecule has 0 saturated carbocycles. The summed E-state index contributed by atoms with van der Waals surface area (Å²) < 4.78 is 6.34. The van der Waals surface area contributed by atoms with E-state index < -0.39 is 0 Å². The van der Waals surface area contributed by atoms with Crippen molar-refractivity contribution in [2.75, 3.05) is 36.8 Å². The molecular formula is C17H26ClN5O. The van der Waals surface area contributed by atoms with Gasteiger partial charge in [0.2, 0.25) is 5.95 Å². The lowest BCUT2D eigenvalue weighted by molar-refractivity contribution is 0.345. The van der Waals surface area contributed by atoms with Crippen molar-refractivity contribution in [1.82, 2.24) is 15.3 Å². The largest absolute Gasteiger partial charge is 0.455 e. The van der Waals surface area contributed by atoms with Crippen LogP contribution in [0.5, 0.6) is 0 Å². The first-order valence-electron chi connectivity index (χ1n) is 8.61. The van der Waals surface area contributed by atoms with Gasteiger partial charge >= 0.3 is 0 Å². The molecule has 0 unspecified atom stereocenters. The highest BCUT2D eigenvalue weighted by molar-refractivity contribution is 5.89. The van der Waals surface area contributed by atoms with Crippen LogP contribution in [0.3, 0.4) is 0 Å². The maximum absolute atomic E-state index is 6.34. The predicted octanol–water partition coefficient (Wildman–Crippen LogP) is 2.64. The Morgan fingerprint density at radius 3 is 2.83 bits per heavy atom. The second-order valence-corrected chi connectivity index (χ2v) is 7.32. The number of hydrogen-bond acceptors (Lipinski definition) is 6. The van der Waals surface area contributed by atoms with Crippen LogP contribution >= 0.6 is 12.4 Å². The van der Waals surface area contributed by atoms with E-state index in [1.807, 2.05) is 0 Å². The number of nitrogens with one attached hydrogen (secondary N) is 1. The standard InChI is InChI=1S/C17H25N5O.ClH/c1-17(2)6-3-5-11-12-13(23-14(11)17)15(21-16(18)20-12)22-9-4-7-19-8-10-22;/h19H,3-10H2,1-2H3,(H2,18,20,21);1H. The van der Waals surface area contributed by atoms with E-state index in [1.54, 1.807) is 0 Å². The van der Waals surface area contributed by atoms with Gasteiger partial charge in [-0.05, 0) is 32.2 Å². The SMILES string of the molecule is CC1(C)CCCc2c1oc1c(N3CCCNCC3)nc(N)nc21.Cl. The number of halogens is 1. The minimum atomic E-state index is 0. The van der Waals surface area contributed by atoms with Gasteiger partial charge in [-0.2, -0.15) is 4.98 Å². The fraction of sp³-hybridized carbons (Fsp3) is 0.647. The van der Waals surface area contributed by atoms with E-state index in [2.05, 4.69) is 34.0 Å². The number of aryl methyl sites for hydroxylation is 1. The van der Waals surface area contributed by atoms with E-state index in [0.29, 0.717) is 5.95 Å². The van der Waals surface area contributed by atoms with Crippen molar-refractivity contribution in [3.8, 4) is 0 Å². The molecule has 3 N–H and O–H groups in total. The van der Waals surface area contributed by atoms with Gasteiger partial charge in [0.1, 0.15) is 11.3 Å². The van der Waals surface area contributed by atoms with Crippen molar-refractivity contribution in [3.63, 3.8) is 0 Å². The molecule has 24 heavy (non-hydrogen) atoms. The predicted molar refractivity (Wildman–Crippen MR) is 99.1 cm³/mol. The Morgan fingerprint density at radius 2 is 2.00 bits per heavy atom. The molecule has 132 valence electrons. The lowest BCUT2D eigenvalue weighted by atomic mass is 9.77. The lowest BCUT2D eigenvalue weighted by Crippen LogP contribution is -2.29. The summed E-state index contributed by atoms with van der Waals surface area (Å²) in [4.78, 5) is 11.3. The molecular weight excluding hydrogens is 326 g/mol. The molecule has 1 fully saturated rings. The number of aromatic nitrogens is 2. The minimum Gasteiger partial charge on any atom is -0.455 e. The van der Waals surface area contributed by atoms with Crippen molar-refractivity contribution in [1.29, 1.82) is 0 Å². The molecule has 2 aromatic heterocycles. The highest BCUT2D eigenvalue weighted by Crippen LogP contribution is 2.43. The maximum Gasteiger partial charge on any atom is 0.222 e. The van der Waals surface area contributed by atoms with Gasteiger partial charge in [-0.15, -0.1) is 12.4 Å². The molecule has 0 amide bonds. The molecule has 1 aliphatic heterocycles. The van der Waals surface area contributed by atoms with E-state index in [9.17, 15) is 0 Å². The first-order chi connectivity index (χ1) is 11.1. The van der Waals surface area contributed by atoms with Crippen LogP contribution in [-0.2, 0) is 11.8 Å². The van der Waals surface area contributed by atoms with Crippen LogP contribution in [0.25, 0.3) is 11.1 Å². The van der Waals surface area contributed by atoms with E-state index in [-0.39, 0.29) is 17.8 Å². The number of anilines is 2. The summed E-state index contributed by atoms with van der Waals surface area (Å²) in [7, 11) is 0. The van der Waals surface area contributed by atoms with Crippen molar-refractivity contribution >= 4 is 35.3 Å². The first-order valence-corrected chi connectivity index (χ1v) is 8.61. The maximum atomic E-state index is 6.34. The fourth-order valence-electron chi connectivity index (χ4n) is 3.90. The summed E-state index contributed by atoms with van der Waals surface area (Å²) in [5.74, 6) is 2.28. The molecule has 2 aromatic rings. The summed E-state index contributed by atoms with van der Waals surface area (Å²) >= 11 is 0. The zero-order valence-electron chi connectivity index (χ0n) is 14.4. The van der Waals surface area contributed by atoms with Crippen molar-refractivity contribution in [2.45, 2.75) is 44.9 Å². The zero-order chi connectivity index (χ0) is 16.0. The van der Waals surface area contributed by atoms with Gasteiger partial charge in [0, 0.05) is 30.6 Å². The van der Waals surface area contributed by atoms with Gasteiger partial charge in [0.05, 0.1) is 0 Å². The zero-order valence-corrected chi connectivity index (χ0v) is 15.2. The molecule has 1 aliphatic carbocycles. The molecule has 3 heterocycles. The average molecular weight is 352 g/mol. The summed E-state index contributed by atoms with van der Waals surface area (Å²) in [6, 6.07) is 0. The number of fused-ring (bicyclic) bond motifs is 3. The third-order valence-corrected chi connectivity index (χ3v) is 5.11. The van der Waals surface area contributed by atoms with Crippen molar-refractivity contribution < 1.29 is 4.42 Å². The van der Waals surface area contributed by atoms with E-state index in [4.69, 9.17) is 10.2 Å². The highest BCUT2D eigenvalue weighted by Gasteiger charge is 2.35. The molecule has 0 aromatic carbocycles. The number of rotatable bonds is 1. The molecule has 0 atom stereocenters. The van der Waals surface area contributed by atoms with Crippen LogP contribution in [0.15, 0.2) is 4.42 Å². The average Bonchev–Trinajstić information content (AvgIpc) is 2.71. The number of hydrogen-bond donors (Lipinski definition) is 2.